The summed E-state index contributed by atoms with van der Waals surface area (Å²) in [7, 11) is 0. The molecule has 3 heterocycles. The first-order valence-electron chi connectivity index (χ1n) is 8.60. The number of piperidine rings is 1. The minimum Gasteiger partial charge on any atom is -0.387 e. The summed E-state index contributed by atoms with van der Waals surface area (Å²) in [6, 6.07) is 8.68. The fourth-order valence-corrected chi connectivity index (χ4v) is 4.91. The molecule has 0 bridgehead atoms. The molecule has 0 spiro atoms. The lowest BCUT2D eigenvalue weighted by Gasteiger charge is -2.31. The molecule has 1 saturated heterocycles. The van der Waals surface area contributed by atoms with Crippen LogP contribution in [-0.4, -0.2) is 38.1 Å². The van der Waals surface area contributed by atoms with Crippen molar-refractivity contribution in [2.75, 3.05) is 13.1 Å². The van der Waals surface area contributed by atoms with Gasteiger partial charge in [-0.2, -0.15) is 0 Å². The van der Waals surface area contributed by atoms with E-state index in [2.05, 4.69) is 33.4 Å². The Balaban J connectivity index is 1.40. The highest BCUT2D eigenvalue weighted by Gasteiger charge is 2.23. The standard InChI is InChI=1S/C18H21ClN4OS/c1-12(24)15-10-23(21-20-15)13-6-8-22(9-7-13)11-17-18(19)14-4-2-3-5-16(14)25-17/h2-5,10,12-13,24H,6-9,11H2,1H3/t12-/m0/s1. The first kappa shape index (κ1) is 17.0. The molecule has 1 N–H and O–H groups in total. The second-order valence-corrected chi connectivity index (χ2v) is 8.16. The molecule has 4 rings (SSSR count). The SMILES string of the molecule is C[C@H](O)c1cn(C2CCN(Cc3sc4ccccc4c3Cl)CC2)nn1. The quantitative estimate of drug-likeness (QED) is 0.746. The molecule has 0 unspecified atom stereocenters. The minimum absolute atomic E-state index is 0.356. The van der Waals surface area contributed by atoms with Gasteiger partial charge >= 0.3 is 0 Å². The van der Waals surface area contributed by atoms with Gasteiger partial charge in [0, 0.05) is 34.6 Å². The molecule has 1 atom stereocenters. The molecule has 25 heavy (non-hydrogen) atoms. The Bertz CT molecular complexity index is 867. The Morgan fingerprint density at radius 3 is 2.76 bits per heavy atom. The lowest BCUT2D eigenvalue weighted by molar-refractivity contribution is 0.173. The van der Waals surface area contributed by atoms with Crippen LogP contribution < -0.4 is 0 Å². The molecule has 3 aromatic rings. The van der Waals surface area contributed by atoms with Gasteiger partial charge in [0.15, 0.2) is 0 Å². The normalized spacial score (nSPS) is 18.0. The van der Waals surface area contributed by atoms with Crippen LogP contribution in [0.1, 0.15) is 42.5 Å². The molecule has 5 nitrogen and oxygen atoms in total. The summed E-state index contributed by atoms with van der Waals surface area (Å²) in [5.74, 6) is 0. The van der Waals surface area contributed by atoms with Crippen molar-refractivity contribution in [3.63, 3.8) is 0 Å². The first-order chi connectivity index (χ1) is 12.1. The Morgan fingerprint density at radius 1 is 1.32 bits per heavy atom. The van der Waals surface area contributed by atoms with E-state index in [0.717, 1.165) is 42.9 Å². The van der Waals surface area contributed by atoms with Crippen LogP contribution in [0.3, 0.4) is 0 Å². The molecule has 1 aromatic carbocycles. The second-order valence-electron chi connectivity index (χ2n) is 6.64. The molecular formula is C18H21ClN4OS. The van der Waals surface area contributed by atoms with E-state index in [0.29, 0.717) is 11.7 Å². The first-order valence-corrected chi connectivity index (χ1v) is 9.79. The van der Waals surface area contributed by atoms with Crippen molar-refractivity contribution in [1.82, 2.24) is 19.9 Å². The number of aromatic nitrogens is 3. The third kappa shape index (κ3) is 3.44. The molecule has 1 fully saturated rings. The fourth-order valence-electron chi connectivity index (χ4n) is 3.37. The van der Waals surface area contributed by atoms with Crippen LogP contribution in [-0.2, 0) is 6.54 Å². The molecule has 0 saturated carbocycles. The zero-order chi connectivity index (χ0) is 17.4. The van der Waals surface area contributed by atoms with Crippen molar-refractivity contribution < 1.29 is 5.11 Å². The number of thiophene rings is 1. The summed E-state index contributed by atoms with van der Waals surface area (Å²) in [5.41, 5.74) is 0.638. The van der Waals surface area contributed by atoms with Crippen LogP contribution in [0, 0.1) is 0 Å². The van der Waals surface area contributed by atoms with Crippen molar-refractivity contribution in [3.05, 3.63) is 46.1 Å². The van der Waals surface area contributed by atoms with E-state index in [1.54, 1.807) is 18.3 Å². The van der Waals surface area contributed by atoms with Crippen LogP contribution in [0.15, 0.2) is 30.5 Å². The number of hydrogen-bond donors (Lipinski definition) is 1. The number of benzene rings is 1. The molecule has 0 radical (unpaired) electrons. The third-order valence-electron chi connectivity index (χ3n) is 4.86. The average molecular weight is 377 g/mol. The second kappa shape index (κ2) is 7.03. The zero-order valence-corrected chi connectivity index (χ0v) is 15.7. The number of hydrogen-bond acceptors (Lipinski definition) is 5. The molecule has 7 heteroatoms. The number of nitrogens with zero attached hydrogens (tertiary/aromatic N) is 4. The number of halogens is 1. The largest absolute Gasteiger partial charge is 0.387 e. The highest BCUT2D eigenvalue weighted by atomic mass is 35.5. The topological polar surface area (TPSA) is 54.2 Å². The Labute approximate surface area is 155 Å². The number of aliphatic hydroxyl groups is 1. The van der Waals surface area contributed by atoms with Gasteiger partial charge in [-0.05, 0) is 25.8 Å². The van der Waals surface area contributed by atoms with Gasteiger partial charge in [-0.1, -0.05) is 35.0 Å². The Kier molecular flexibility index (Phi) is 4.78. The van der Waals surface area contributed by atoms with E-state index in [9.17, 15) is 5.11 Å². The summed E-state index contributed by atoms with van der Waals surface area (Å²) in [5, 5.41) is 19.9. The number of likely N-dealkylation sites (tertiary alicyclic amines) is 1. The highest BCUT2D eigenvalue weighted by Crippen LogP contribution is 2.36. The van der Waals surface area contributed by atoms with Crippen molar-refractivity contribution in [2.45, 2.75) is 38.5 Å². The maximum Gasteiger partial charge on any atom is 0.111 e. The monoisotopic (exact) mass is 376 g/mol. The summed E-state index contributed by atoms with van der Waals surface area (Å²) < 4.78 is 3.16. The lowest BCUT2D eigenvalue weighted by atomic mass is 10.1. The van der Waals surface area contributed by atoms with Crippen molar-refractivity contribution in [2.24, 2.45) is 0 Å². The number of fused-ring (bicyclic) bond motifs is 1. The zero-order valence-electron chi connectivity index (χ0n) is 14.1. The molecule has 0 amide bonds. The average Bonchev–Trinajstić information content (AvgIpc) is 3.22. The Hall–Kier alpha value is -1.47. The smallest absolute Gasteiger partial charge is 0.111 e. The van der Waals surface area contributed by atoms with E-state index >= 15 is 0 Å². The predicted molar refractivity (Wildman–Crippen MR) is 101 cm³/mol. The summed E-state index contributed by atoms with van der Waals surface area (Å²) in [4.78, 5) is 3.71. The van der Waals surface area contributed by atoms with E-state index < -0.39 is 6.10 Å². The number of rotatable bonds is 4. The summed E-state index contributed by atoms with van der Waals surface area (Å²) in [6.07, 6.45) is 3.37. The van der Waals surface area contributed by atoms with Gasteiger partial charge < -0.3 is 5.11 Å². The molecular weight excluding hydrogens is 356 g/mol. The van der Waals surface area contributed by atoms with Gasteiger partial charge in [0.25, 0.3) is 0 Å². The van der Waals surface area contributed by atoms with E-state index in [4.69, 9.17) is 11.6 Å². The van der Waals surface area contributed by atoms with Crippen LogP contribution >= 0.6 is 22.9 Å². The van der Waals surface area contributed by atoms with E-state index in [-0.39, 0.29) is 0 Å². The minimum atomic E-state index is -0.566. The molecule has 0 aliphatic carbocycles. The third-order valence-corrected chi connectivity index (χ3v) is 6.56. The van der Waals surface area contributed by atoms with Gasteiger partial charge in [-0.3, -0.25) is 4.90 Å². The van der Waals surface area contributed by atoms with E-state index in [1.807, 2.05) is 16.9 Å². The summed E-state index contributed by atoms with van der Waals surface area (Å²) in [6.45, 7) is 4.64. The van der Waals surface area contributed by atoms with Gasteiger partial charge in [0.1, 0.15) is 5.69 Å². The molecule has 1 aliphatic rings. The maximum absolute atomic E-state index is 9.59. The molecule has 2 aromatic heterocycles. The van der Waals surface area contributed by atoms with Crippen LogP contribution in [0.25, 0.3) is 10.1 Å². The molecule has 132 valence electrons. The van der Waals surface area contributed by atoms with E-state index in [1.165, 1.54) is 9.58 Å². The van der Waals surface area contributed by atoms with Crippen molar-refractivity contribution in [3.8, 4) is 0 Å². The summed E-state index contributed by atoms with van der Waals surface area (Å²) >= 11 is 8.36. The number of aliphatic hydroxyl groups excluding tert-OH is 1. The molecule has 1 aliphatic heterocycles. The Morgan fingerprint density at radius 2 is 2.08 bits per heavy atom. The van der Waals surface area contributed by atoms with Crippen LogP contribution in [0.2, 0.25) is 5.02 Å². The van der Waals surface area contributed by atoms with Crippen molar-refractivity contribution >= 4 is 33.0 Å². The van der Waals surface area contributed by atoms with Gasteiger partial charge in [0.2, 0.25) is 0 Å². The maximum atomic E-state index is 9.59. The van der Waals surface area contributed by atoms with Crippen LogP contribution in [0.4, 0.5) is 0 Å². The fraction of sp³-hybridized carbons (Fsp3) is 0.444. The van der Waals surface area contributed by atoms with Gasteiger partial charge in [-0.15, -0.1) is 16.4 Å². The van der Waals surface area contributed by atoms with Gasteiger partial charge in [0.05, 0.1) is 23.4 Å². The van der Waals surface area contributed by atoms with Gasteiger partial charge in [-0.25, -0.2) is 4.68 Å². The predicted octanol–water partition coefficient (Wildman–Crippen LogP) is 4.04. The lowest BCUT2D eigenvalue weighted by Crippen LogP contribution is -2.34. The van der Waals surface area contributed by atoms with Crippen LogP contribution in [0.5, 0.6) is 0 Å². The van der Waals surface area contributed by atoms with Crippen molar-refractivity contribution in [1.29, 1.82) is 0 Å². The highest BCUT2D eigenvalue weighted by molar-refractivity contribution is 7.19.